The molecule has 1 unspecified atom stereocenters. The molecule has 0 N–H and O–H groups in total. The maximum absolute atomic E-state index is 2.69. The first-order valence-corrected chi connectivity index (χ1v) is 12.7. The predicted molar refractivity (Wildman–Crippen MR) is 138 cm³/mol. The Bertz CT molecular complexity index is 923. The van der Waals surface area contributed by atoms with Gasteiger partial charge in [0.2, 0.25) is 0 Å². The van der Waals surface area contributed by atoms with E-state index in [0.29, 0.717) is 0 Å². The molecule has 1 aliphatic rings. The third-order valence-electron chi connectivity index (χ3n) is 6.89. The second kappa shape index (κ2) is 11.2. The molecule has 0 saturated carbocycles. The van der Waals surface area contributed by atoms with Gasteiger partial charge in [0.05, 0.1) is 0 Å². The SMILES string of the molecule is CN(CC(C)(CCN1CCC(c2ccccc2)CC1)c1ccccc1)Sc1ccccc1. The summed E-state index contributed by atoms with van der Waals surface area (Å²) in [5.41, 5.74) is 3.08. The van der Waals surface area contributed by atoms with Crippen molar-refractivity contribution in [3.05, 3.63) is 102 Å². The highest BCUT2D eigenvalue weighted by Crippen LogP contribution is 2.34. The van der Waals surface area contributed by atoms with E-state index in [1.807, 2.05) is 11.9 Å². The molecule has 2 nitrogen and oxygen atoms in total. The van der Waals surface area contributed by atoms with Crippen molar-refractivity contribution in [2.24, 2.45) is 0 Å². The maximum Gasteiger partial charge on any atom is 0.0230 e. The monoisotopic (exact) mass is 444 g/mol. The van der Waals surface area contributed by atoms with Crippen molar-refractivity contribution in [3.8, 4) is 0 Å². The van der Waals surface area contributed by atoms with E-state index in [2.05, 4.69) is 114 Å². The molecule has 0 aliphatic carbocycles. The van der Waals surface area contributed by atoms with Gasteiger partial charge in [0.1, 0.15) is 0 Å². The van der Waals surface area contributed by atoms with E-state index < -0.39 is 0 Å². The zero-order valence-corrected chi connectivity index (χ0v) is 20.3. The lowest BCUT2D eigenvalue weighted by Crippen LogP contribution is -2.40. The molecule has 1 heterocycles. The molecule has 1 aliphatic heterocycles. The van der Waals surface area contributed by atoms with Crippen LogP contribution in [0.3, 0.4) is 0 Å². The van der Waals surface area contributed by atoms with E-state index >= 15 is 0 Å². The minimum absolute atomic E-state index is 0.119. The van der Waals surface area contributed by atoms with Gasteiger partial charge < -0.3 is 4.90 Å². The van der Waals surface area contributed by atoms with E-state index in [-0.39, 0.29) is 5.41 Å². The summed E-state index contributed by atoms with van der Waals surface area (Å²) in [4.78, 5) is 3.98. The molecule has 1 atom stereocenters. The van der Waals surface area contributed by atoms with Crippen LogP contribution in [-0.4, -0.2) is 42.4 Å². The summed E-state index contributed by atoms with van der Waals surface area (Å²) in [6.07, 6.45) is 3.72. The highest BCUT2D eigenvalue weighted by Gasteiger charge is 2.30. The zero-order chi connectivity index (χ0) is 22.2. The Morgan fingerprint density at radius 3 is 2.03 bits per heavy atom. The number of hydrogen-bond acceptors (Lipinski definition) is 3. The summed E-state index contributed by atoms with van der Waals surface area (Å²) < 4.78 is 2.41. The number of nitrogens with zero attached hydrogens (tertiary/aromatic N) is 2. The molecule has 0 spiro atoms. The van der Waals surface area contributed by atoms with Gasteiger partial charge in [0, 0.05) is 16.9 Å². The van der Waals surface area contributed by atoms with Crippen molar-refractivity contribution in [3.63, 3.8) is 0 Å². The summed E-state index contributed by atoms with van der Waals surface area (Å²) in [6, 6.07) is 32.9. The first-order chi connectivity index (χ1) is 15.6. The fourth-order valence-corrected chi connectivity index (χ4v) is 5.95. The average molecular weight is 445 g/mol. The quantitative estimate of drug-likeness (QED) is 0.333. The van der Waals surface area contributed by atoms with Gasteiger partial charge in [-0.25, -0.2) is 4.31 Å². The van der Waals surface area contributed by atoms with E-state index in [4.69, 9.17) is 0 Å². The highest BCUT2D eigenvalue weighted by atomic mass is 32.2. The van der Waals surface area contributed by atoms with Gasteiger partial charge in [-0.15, -0.1) is 0 Å². The first kappa shape index (κ1) is 23.1. The maximum atomic E-state index is 2.69. The lowest BCUT2D eigenvalue weighted by Gasteiger charge is -2.38. The van der Waals surface area contributed by atoms with E-state index in [9.17, 15) is 0 Å². The van der Waals surface area contributed by atoms with Crippen molar-refractivity contribution in [2.75, 3.05) is 33.2 Å². The van der Waals surface area contributed by atoms with Crippen LogP contribution >= 0.6 is 11.9 Å². The Morgan fingerprint density at radius 2 is 1.41 bits per heavy atom. The molecule has 3 aromatic carbocycles. The summed E-state index contributed by atoms with van der Waals surface area (Å²) in [6.45, 7) is 7.05. The molecule has 0 aromatic heterocycles. The van der Waals surface area contributed by atoms with E-state index in [0.717, 1.165) is 19.0 Å². The number of likely N-dealkylation sites (tertiary alicyclic amines) is 1. The molecular formula is C29H36N2S. The minimum Gasteiger partial charge on any atom is -0.303 e. The second-order valence-corrected chi connectivity index (χ2v) is 10.7. The van der Waals surface area contributed by atoms with Gasteiger partial charge in [-0.2, -0.15) is 0 Å². The fourth-order valence-electron chi connectivity index (χ4n) is 4.96. The van der Waals surface area contributed by atoms with Gasteiger partial charge in [0.25, 0.3) is 0 Å². The van der Waals surface area contributed by atoms with Crippen molar-refractivity contribution >= 4 is 11.9 Å². The van der Waals surface area contributed by atoms with Crippen LogP contribution < -0.4 is 0 Å². The normalized spacial score (nSPS) is 17.3. The lowest BCUT2D eigenvalue weighted by atomic mass is 9.79. The molecule has 3 heteroatoms. The summed E-state index contributed by atoms with van der Waals surface area (Å²) >= 11 is 1.84. The number of benzene rings is 3. The number of likely N-dealkylation sites (N-methyl/N-ethyl adjacent to an activating group) is 1. The Kier molecular flexibility index (Phi) is 8.07. The zero-order valence-electron chi connectivity index (χ0n) is 19.5. The number of piperidine rings is 1. The molecule has 3 aromatic rings. The van der Waals surface area contributed by atoms with Crippen LogP contribution in [0.2, 0.25) is 0 Å². The average Bonchev–Trinajstić information content (AvgIpc) is 2.85. The molecular weight excluding hydrogens is 408 g/mol. The molecule has 1 saturated heterocycles. The Labute approximate surface area is 198 Å². The first-order valence-electron chi connectivity index (χ1n) is 11.9. The van der Waals surface area contributed by atoms with Crippen LogP contribution in [0.5, 0.6) is 0 Å². The summed E-state index contributed by atoms with van der Waals surface area (Å²) in [5, 5.41) is 0. The van der Waals surface area contributed by atoms with Crippen molar-refractivity contribution in [1.82, 2.24) is 9.21 Å². The topological polar surface area (TPSA) is 6.48 Å². The van der Waals surface area contributed by atoms with Gasteiger partial charge in [-0.05, 0) is 87.1 Å². The molecule has 168 valence electrons. The van der Waals surface area contributed by atoms with Crippen molar-refractivity contribution in [2.45, 2.75) is 42.4 Å². The van der Waals surface area contributed by atoms with Gasteiger partial charge >= 0.3 is 0 Å². The Morgan fingerprint density at radius 1 is 0.844 bits per heavy atom. The van der Waals surface area contributed by atoms with Crippen molar-refractivity contribution < 1.29 is 0 Å². The fraction of sp³-hybridized carbons (Fsp3) is 0.379. The van der Waals surface area contributed by atoms with Gasteiger partial charge in [-0.1, -0.05) is 85.8 Å². The third kappa shape index (κ3) is 6.25. The van der Waals surface area contributed by atoms with Crippen LogP contribution in [0.1, 0.15) is 43.2 Å². The molecule has 0 amide bonds. The molecule has 4 rings (SSSR count). The van der Waals surface area contributed by atoms with Crippen LogP contribution in [0, 0.1) is 0 Å². The van der Waals surface area contributed by atoms with Crippen LogP contribution in [0.15, 0.2) is 95.9 Å². The lowest BCUT2D eigenvalue weighted by molar-refractivity contribution is 0.188. The minimum atomic E-state index is 0.119. The van der Waals surface area contributed by atoms with E-state index in [1.165, 1.54) is 48.4 Å². The smallest absolute Gasteiger partial charge is 0.0230 e. The third-order valence-corrected chi connectivity index (χ3v) is 7.81. The molecule has 0 radical (unpaired) electrons. The Balaban J connectivity index is 1.37. The number of hydrogen-bond donors (Lipinski definition) is 0. The van der Waals surface area contributed by atoms with Gasteiger partial charge in [0.15, 0.2) is 0 Å². The van der Waals surface area contributed by atoms with E-state index in [1.54, 1.807) is 0 Å². The Hall–Kier alpha value is -2.07. The predicted octanol–water partition coefficient (Wildman–Crippen LogP) is 6.85. The van der Waals surface area contributed by atoms with Crippen LogP contribution in [0.25, 0.3) is 0 Å². The summed E-state index contributed by atoms with van der Waals surface area (Å²) in [7, 11) is 2.23. The van der Waals surface area contributed by atoms with Crippen LogP contribution in [0.4, 0.5) is 0 Å². The number of rotatable bonds is 9. The molecule has 32 heavy (non-hydrogen) atoms. The van der Waals surface area contributed by atoms with Gasteiger partial charge in [-0.3, -0.25) is 0 Å². The van der Waals surface area contributed by atoms with Crippen molar-refractivity contribution in [1.29, 1.82) is 0 Å². The van der Waals surface area contributed by atoms with Crippen LogP contribution in [-0.2, 0) is 5.41 Å². The molecule has 0 bridgehead atoms. The largest absolute Gasteiger partial charge is 0.303 e. The standard InChI is InChI=1S/C29H36N2S/c1-29(27-14-8-4-9-15-27,24-30(2)32-28-16-10-5-11-17-28)20-23-31-21-18-26(19-22-31)25-12-6-3-7-13-25/h3-17,26H,18-24H2,1-2H3. The molecule has 1 fully saturated rings. The summed E-state index contributed by atoms with van der Waals surface area (Å²) in [5.74, 6) is 0.723. The second-order valence-electron chi connectivity index (χ2n) is 9.39. The highest BCUT2D eigenvalue weighted by molar-refractivity contribution is 7.97.